The number of hydrogen-bond donors (Lipinski definition) is 1. The third-order valence-electron chi connectivity index (χ3n) is 2.77. The molecule has 0 bridgehead atoms. The molecule has 1 atom stereocenters. The van der Waals surface area contributed by atoms with E-state index in [1.807, 2.05) is 0 Å². The Bertz CT molecular complexity index is 495. The zero-order valence-electron chi connectivity index (χ0n) is 12.2. The van der Waals surface area contributed by atoms with Gasteiger partial charge in [-0.1, -0.05) is 30.3 Å². The summed E-state index contributed by atoms with van der Waals surface area (Å²) in [7, 11) is 0. The third-order valence-corrected chi connectivity index (χ3v) is 2.77. The second-order valence-corrected chi connectivity index (χ2v) is 4.36. The molecule has 0 aliphatic carbocycles. The first-order valence-corrected chi connectivity index (χ1v) is 6.81. The Morgan fingerprint density at radius 2 is 1.76 bits per heavy atom. The van der Waals surface area contributed by atoms with Crippen molar-refractivity contribution in [2.24, 2.45) is 0 Å². The van der Waals surface area contributed by atoms with Gasteiger partial charge in [0.15, 0.2) is 0 Å². The summed E-state index contributed by atoms with van der Waals surface area (Å²) in [6.45, 7) is 3.85. The fourth-order valence-electron chi connectivity index (χ4n) is 1.81. The van der Waals surface area contributed by atoms with Crippen molar-refractivity contribution in [3.05, 3.63) is 48.0 Å². The van der Waals surface area contributed by atoms with Gasteiger partial charge in [0.1, 0.15) is 5.60 Å². The molecule has 0 radical (unpaired) electrons. The third kappa shape index (κ3) is 5.39. The Labute approximate surface area is 124 Å². The molecule has 0 aromatic heterocycles. The SMILES string of the molecule is CCOC(=O)C=CC(O)(CC(=O)OCC)c1ccccc1. The molecule has 1 N–H and O–H groups in total. The highest BCUT2D eigenvalue weighted by molar-refractivity contribution is 5.82. The van der Waals surface area contributed by atoms with Crippen LogP contribution in [0.25, 0.3) is 0 Å². The van der Waals surface area contributed by atoms with E-state index in [1.54, 1.807) is 44.2 Å². The van der Waals surface area contributed by atoms with Crippen LogP contribution in [0.2, 0.25) is 0 Å². The number of carbonyl (C=O) groups excluding carboxylic acids is 2. The van der Waals surface area contributed by atoms with Gasteiger partial charge in [0.05, 0.1) is 19.6 Å². The summed E-state index contributed by atoms with van der Waals surface area (Å²) in [6.07, 6.45) is 2.10. The van der Waals surface area contributed by atoms with Crippen LogP contribution in [0.4, 0.5) is 0 Å². The van der Waals surface area contributed by atoms with Gasteiger partial charge >= 0.3 is 11.9 Å². The predicted molar refractivity (Wildman–Crippen MR) is 77.4 cm³/mol. The fraction of sp³-hybridized carbons (Fsp3) is 0.375. The molecule has 114 valence electrons. The van der Waals surface area contributed by atoms with Crippen molar-refractivity contribution in [3.8, 4) is 0 Å². The average molecular weight is 292 g/mol. The number of aliphatic hydroxyl groups is 1. The first-order valence-electron chi connectivity index (χ1n) is 6.81. The van der Waals surface area contributed by atoms with Crippen LogP contribution in [-0.4, -0.2) is 30.3 Å². The molecule has 0 aliphatic rings. The second kappa shape index (κ2) is 8.21. The molecule has 1 aromatic carbocycles. The van der Waals surface area contributed by atoms with Crippen LogP contribution in [0.15, 0.2) is 42.5 Å². The van der Waals surface area contributed by atoms with Crippen molar-refractivity contribution in [1.29, 1.82) is 0 Å². The predicted octanol–water partition coefficient (Wildman–Crippen LogP) is 1.95. The summed E-state index contributed by atoms with van der Waals surface area (Å²) in [6, 6.07) is 8.63. The molecular weight excluding hydrogens is 272 g/mol. The van der Waals surface area contributed by atoms with Gasteiger partial charge < -0.3 is 14.6 Å². The Balaban J connectivity index is 2.99. The molecule has 0 amide bonds. The number of carbonyl (C=O) groups is 2. The van der Waals surface area contributed by atoms with Crippen LogP contribution in [0.5, 0.6) is 0 Å². The van der Waals surface area contributed by atoms with Crippen LogP contribution in [0, 0.1) is 0 Å². The molecule has 0 spiro atoms. The molecule has 0 saturated heterocycles. The minimum atomic E-state index is -1.61. The van der Waals surface area contributed by atoms with Gasteiger partial charge in [-0.3, -0.25) is 4.79 Å². The van der Waals surface area contributed by atoms with Crippen LogP contribution in [0.1, 0.15) is 25.8 Å². The summed E-state index contributed by atoms with van der Waals surface area (Å²) in [5, 5.41) is 10.7. The summed E-state index contributed by atoms with van der Waals surface area (Å²) in [5.74, 6) is -1.12. The summed E-state index contributed by atoms with van der Waals surface area (Å²) in [4.78, 5) is 23.1. The van der Waals surface area contributed by atoms with Crippen molar-refractivity contribution < 1.29 is 24.2 Å². The zero-order valence-corrected chi connectivity index (χ0v) is 12.2. The minimum Gasteiger partial charge on any atom is -0.466 e. The average Bonchev–Trinajstić information content (AvgIpc) is 2.47. The summed E-state index contributed by atoms with van der Waals surface area (Å²) < 4.78 is 9.64. The molecule has 21 heavy (non-hydrogen) atoms. The van der Waals surface area contributed by atoms with Crippen molar-refractivity contribution >= 4 is 11.9 Å². The summed E-state index contributed by atoms with van der Waals surface area (Å²) >= 11 is 0. The van der Waals surface area contributed by atoms with E-state index in [0.29, 0.717) is 5.56 Å². The van der Waals surface area contributed by atoms with Gasteiger partial charge in [0.25, 0.3) is 0 Å². The Hall–Kier alpha value is -2.14. The van der Waals surface area contributed by atoms with E-state index in [9.17, 15) is 14.7 Å². The first kappa shape index (κ1) is 16.9. The maximum Gasteiger partial charge on any atom is 0.330 e. The van der Waals surface area contributed by atoms with Gasteiger partial charge in [-0.15, -0.1) is 0 Å². The molecule has 5 heteroatoms. The lowest BCUT2D eigenvalue weighted by atomic mass is 9.90. The maximum absolute atomic E-state index is 11.7. The minimum absolute atomic E-state index is 0.227. The lowest BCUT2D eigenvalue weighted by Crippen LogP contribution is -2.28. The van der Waals surface area contributed by atoms with Crippen molar-refractivity contribution in [1.82, 2.24) is 0 Å². The molecule has 1 unspecified atom stereocenters. The second-order valence-electron chi connectivity index (χ2n) is 4.36. The van der Waals surface area contributed by atoms with Crippen LogP contribution < -0.4 is 0 Å². The highest BCUT2D eigenvalue weighted by Crippen LogP contribution is 2.27. The molecule has 5 nitrogen and oxygen atoms in total. The molecule has 0 aliphatic heterocycles. The molecule has 1 rings (SSSR count). The van der Waals surface area contributed by atoms with E-state index in [1.165, 1.54) is 6.08 Å². The number of rotatable bonds is 7. The van der Waals surface area contributed by atoms with E-state index in [2.05, 4.69) is 0 Å². The van der Waals surface area contributed by atoms with Crippen LogP contribution in [-0.2, 0) is 24.7 Å². The van der Waals surface area contributed by atoms with Gasteiger partial charge in [0, 0.05) is 6.08 Å². The first-order chi connectivity index (χ1) is 10.0. The highest BCUT2D eigenvalue weighted by atomic mass is 16.5. The maximum atomic E-state index is 11.7. The van der Waals surface area contributed by atoms with Gasteiger partial charge in [0.2, 0.25) is 0 Å². The smallest absolute Gasteiger partial charge is 0.330 e. The lowest BCUT2D eigenvalue weighted by molar-refractivity contribution is -0.147. The highest BCUT2D eigenvalue weighted by Gasteiger charge is 2.30. The van der Waals surface area contributed by atoms with Crippen LogP contribution >= 0.6 is 0 Å². The summed E-state index contributed by atoms with van der Waals surface area (Å²) in [5.41, 5.74) is -1.11. The zero-order chi connectivity index (χ0) is 15.7. The molecule has 0 saturated carbocycles. The normalized spacial score (nSPS) is 13.7. The quantitative estimate of drug-likeness (QED) is 0.614. The Kier molecular flexibility index (Phi) is 6.62. The number of esters is 2. The van der Waals surface area contributed by atoms with Gasteiger partial charge in [-0.2, -0.15) is 0 Å². The Morgan fingerprint density at radius 1 is 1.14 bits per heavy atom. The molecule has 1 aromatic rings. The largest absolute Gasteiger partial charge is 0.466 e. The van der Waals surface area contributed by atoms with Crippen molar-refractivity contribution in [3.63, 3.8) is 0 Å². The van der Waals surface area contributed by atoms with Crippen molar-refractivity contribution in [2.75, 3.05) is 13.2 Å². The van der Waals surface area contributed by atoms with E-state index < -0.39 is 17.5 Å². The van der Waals surface area contributed by atoms with E-state index in [-0.39, 0.29) is 19.6 Å². The monoisotopic (exact) mass is 292 g/mol. The molecular formula is C16H20O5. The molecule has 0 fully saturated rings. The number of hydrogen-bond acceptors (Lipinski definition) is 5. The number of benzene rings is 1. The lowest BCUT2D eigenvalue weighted by Gasteiger charge is -2.24. The number of ether oxygens (including phenoxy) is 2. The fourth-order valence-corrected chi connectivity index (χ4v) is 1.81. The van der Waals surface area contributed by atoms with E-state index >= 15 is 0 Å². The van der Waals surface area contributed by atoms with Gasteiger partial charge in [-0.25, -0.2) is 4.79 Å². The van der Waals surface area contributed by atoms with Crippen molar-refractivity contribution in [2.45, 2.75) is 25.9 Å². The molecule has 0 heterocycles. The van der Waals surface area contributed by atoms with E-state index in [4.69, 9.17) is 9.47 Å². The Morgan fingerprint density at radius 3 is 2.33 bits per heavy atom. The standard InChI is InChI=1S/C16H20O5/c1-3-20-14(17)10-11-16(19,12-15(18)21-4-2)13-8-6-5-7-9-13/h5-11,19H,3-4,12H2,1-2H3. The van der Waals surface area contributed by atoms with Gasteiger partial charge in [-0.05, 0) is 25.5 Å². The van der Waals surface area contributed by atoms with Crippen LogP contribution in [0.3, 0.4) is 0 Å². The topological polar surface area (TPSA) is 72.8 Å². The van der Waals surface area contributed by atoms with E-state index in [0.717, 1.165) is 6.08 Å².